The van der Waals surface area contributed by atoms with Crippen molar-refractivity contribution in [2.24, 2.45) is 0 Å². The third-order valence-electron chi connectivity index (χ3n) is 2.95. The monoisotopic (exact) mass is 326 g/mol. The number of nitrogens with zero attached hydrogens (tertiary/aromatic N) is 2. The van der Waals surface area contributed by atoms with Gasteiger partial charge >= 0.3 is 0 Å². The van der Waals surface area contributed by atoms with E-state index in [9.17, 15) is 4.79 Å². The maximum atomic E-state index is 12.7. The summed E-state index contributed by atoms with van der Waals surface area (Å²) in [5.74, 6) is 0.0614. The van der Waals surface area contributed by atoms with Gasteiger partial charge in [0.1, 0.15) is 11.8 Å². The van der Waals surface area contributed by atoms with Crippen molar-refractivity contribution in [1.29, 1.82) is 5.26 Å². The molecule has 2 rings (SSSR count). The molecule has 0 unspecified atom stereocenters. The molecule has 0 saturated carbocycles. The highest BCUT2D eigenvalue weighted by Crippen LogP contribution is 2.24. The van der Waals surface area contributed by atoms with E-state index in [1.807, 2.05) is 6.07 Å². The molecular formula is C18H15ClN2O2. The molecule has 0 amide bonds. The van der Waals surface area contributed by atoms with Crippen LogP contribution in [0, 0.1) is 11.3 Å². The van der Waals surface area contributed by atoms with Crippen LogP contribution < -0.4 is 4.74 Å². The van der Waals surface area contributed by atoms with Gasteiger partial charge < -0.3 is 9.64 Å². The van der Waals surface area contributed by atoms with Gasteiger partial charge in [0.2, 0.25) is 5.78 Å². The first-order chi connectivity index (χ1) is 11.0. The number of hydrogen-bond acceptors (Lipinski definition) is 4. The molecule has 0 fully saturated rings. The summed E-state index contributed by atoms with van der Waals surface area (Å²) in [5, 5.41) is 9.49. The molecule has 2 aromatic rings. The van der Waals surface area contributed by atoms with E-state index in [-0.39, 0.29) is 11.5 Å². The van der Waals surface area contributed by atoms with Crippen molar-refractivity contribution < 1.29 is 9.53 Å². The van der Waals surface area contributed by atoms with Crippen LogP contribution in [0.15, 0.2) is 60.5 Å². The van der Waals surface area contributed by atoms with Crippen molar-refractivity contribution in [2.45, 2.75) is 0 Å². The average molecular weight is 327 g/mol. The predicted molar refractivity (Wildman–Crippen MR) is 89.3 cm³/mol. The highest BCUT2D eigenvalue weighted by Gasteiger charge is 2.19. The summed E-state index contributed by atoms with van der Waals surface area (Å²) in [7, 11) is 3.55. The lowest BCUT2D eigenvalue weighted by Crippen LogP contribution is -2.15. The van der Waals surface area contributed by atoms with E-state index in [0.29, 0.717) is 21.9 Å². The van der Waals surface area contributed by atoms with E-state index >= 15 is 0 Å². The zero-order chi connectivity index (χ0) is 16.8. The Morgan fingerprint density at radius 2 is 1.83 bits per heavy atom. The fourth-order valence-electron chi connectivity index (χ4n) is 1.91. The van der Waals surface area contributed by atoms with E-state index in [4.69, 9.17) is 21.6 Å². The van der Waals surface area contributed by atoms with Crippen LogP contribution in [0.4, 0.5) is 0 Å². The Bertz CT molecular complexity index is 792. The summed E-state index contributed by atoms with van der Waals surface area (Å²) in [5.41, 5.74) is 0.695. The van der Waals surface area contributed by atoms with Crippen LogP contribution >= 0.6 is 11.6 Å². The van der Waals surface area contributed by atoms with Crippen molar-refractivity contribution in [3.05, 3.63) is 76.6 Å². The molecule has 2 aromatic carbocycles. The quantitative estimate of drug-likeness (QED) is 0.475. The number of halogens is 1. The number of rotatable bonds is 5. The highest BCUT2D eigenvalue weighted by molar-refractivity contribution is 6.34. The minimum absolute atomic E-state index is 0.0887. The van der Waals surface area contributed by atoms with E-state index in [2.05, 4.69) is 0 Å². The summed E-state index contributed by atoms with van der Waals surface area (Å²) >= 11 is 6.09. The Hall–Kier alpha value is -2.77. The lowest BCUT2D eigenvalue weighted by atomic mass is 10.1. The first-order valence-corrected chi connectivity index (χ1v) is 7.25. The number of ether oxygens (including phenoxy) is 1. The second-order valence-corrected chi connectivity index (χ2v) is 5.38. The van der Waals surface area contributed by atoms with Crippen molar-refractivity contribution in [3.8, 4) is 11.8 Å². The number of carbonyl (C=O) groups excluding carboxylic acids is 1. The Morgan fingerprint density at radius 1 is 1.17 bits per heavy atom. The van der Waals surface area contributed by atoms with Gasteiger partial charge in [-0.1, -0.05) is 35.9 Å². The number of carbonyl (C=O) groups is 1. The summed E-state index contributed by atoms with van der Waals surface area (Å²) in [6, 6.07) is 15.5. The zero-order valence-corrected chi connectivity index (χ0v) is 13.5. The van der Waals surface area contributed by atoms with Gasteiger partial charge in [-0.2, -0.15) is 5.26 Å². The number of hydrogen-bond donors (Lipinski definition) is 0. The van der Waals surface area contributed by atoms with Crippen LogP contribution in [0.5, 0.6) is 5.75 Å². The summed E-state index contributed by atoms with van der Waals surface area (Å²) in [4.78, 5) is 14.4. The van der Waals surface area contributed by atoms with Gasteiger partial charge in [-0.25, -0.2) is 0 Å². The van der Waals surface area contributed by atoms with E-state index in [1.54, 1.807) is 73.7 Å². The normalized spacial score (nSPS) is 10.8. The van der Waals surface area contributed by atoms with Crippen LogP contribution in [-0.2, 0) is 0 Å². The summed E-state index contributed by atoms with van der Waals surface area (Å²) in [6.45, 7) is 0. The Morgan fingerprint density at radius 3 is 2.48 bits per heavy atom. The van der Waals surface area contributed by atoms with Crippen LogP contribution in [0.1, 0.15) is 15.9 Å². The average Bonchev–Trinajstić information content (AvgIpc) is 2.54. The third-order valence-corrected chi connectivity index (χ3v) is 3.27. The SMILES string of the molecule is CN(C)/C=C(/Oc1ccccc1C#N)C(=O)c1ccccc1Cl. The number of Topliss-reactive ketones (excluding diaryl/α,β-unsaturated/α-hetero) is 1. The third kappa shape index (κ3) is 4.12. The van der Waals surface area contributed by atoms with Crippen LogP contribution in [0.3, 0.4) is 0 Å². The molecule has 0 saturated heterocycles. The van der Waals surface area contributed by atoms with Crippen LogP contribution in [0.2, 0.25) is 5.02 Å². The largest absolute Gasteiger partial charge is 0.450 e. The van der Waals surface area contributed by atoms with Gasteiger partial charge in [0.25, 0.3) is 0 Å². The number of para-hydroxylation sites is 1. The minimum atomic E-state index is -0.350. The number of allylic oxidation sites excluding steroid dienone is 1. The Labute approximate surface area is 140 Å². The molecule has 0 aliphatic carbocycles. The molecular weight excluding hydrogens is 312 g/mol. The molecule has 0 aliphatic heterocycles. The lowest BCUT2D eigenvalue weighted by molar-refractivity contribution is 0.0982. The van der Waals surface area contributed by atoms with Crippen LogP contribution in [0.25, 0.3) is 0 Å². The maximum Gasteiger partial charge on any atom is 0.231 e. The number of ketones is 1. The predicted octanol–water partition coefficient (Wildman–Crippen LogP) is 3.88. The Kier molecular flexibility index (Phi) is 5.40. The first kappa shape index (κ1) is 16.6. The van der Waals surface area contributed by atoms with Crippen molar-refractivity contribution >= 4 is 17.4 Å². The van der Waals surface area contributed by atoms with Crippen molar-refractivity contribution in [3.63, 3.8) is 0 Å². The van der Waals surface area contributed by atoms with E-state index < -0.39 is 0 Å². The van der Waals surface area contributed by atoms with Gasteiger partial charge in [0, 0.05) is 25.9 Å². The molecule has 0 heterocycles. The lowest BCUT2D eigenvalue weighted by Gasteiger charge is -2.14. The maximum absolute atomic E-state index is 12.7. The molecule has 0 bridgehead atoms. The van der Waals surface area contributed by atoms with Gasteiger partial charge in [-0.15, -0.1) is 0 Å². The summed E-state index contributed by atoms with van der Waals surface area (Å²) < 4.78 is 5.71. The highest BCUT2D eigenvalue weighted by atomic mass is 35.5. The van der Waals surface area contributed by atoms with Gasteiger partial charge in [0.15, 0.2) is 5.76 Å². The standard InChI is InChI=1S/C18H15ClN2O2/c1-21(2)12-17(18(22)14-8-4-5-9-15(14)19)23-16-10-6-3-7-13(16)11-20/h3-10,12H,1-2H3/b17-12+. The summed E-state index contributed by atoms with van der Waals surface area (Å²) in [6.07, 6.45) is 1.56. The Balaban J connectivity index is 2.41. The fraction of sp³-hybridized carbons (Fsp3) is 0.111. The number of nitriles is 1. The van der Waals surface area contributed by atoms with E-state index in [1.165, 1.54) is 0 Å². The molecule has 0 atom stereocenters. The molecule has 0 N–H and O–H groups in total. The van der Waals surface area contributed by atoms with Crippen molar-refractivity contribution in [1.82, 2.24) is 4.90 Å². The van der Waals surface area contributed by atoms with E-state index in [0.717, 1.165) is 0 Å². The van der Waals surface area contributed by atoms with Gasteiger partial charge in [0.05, 0.1) is 10.6 Å². The molecule has 5 heteroatoms. The molecule has 4 nitrogen and oxygen atoms in total. The van der Waals surface area contributed by atoms with Crippen LogP contribution in [-0.4, -0.2) is 24.8 Å². The fourth-order valence-corrected chi connectivity index (χ4v) is 2.13. The first-order valence-electron chi connectivity index (χ1n) is 6.87. The smallest absolute Gasteiger partial charge is 0.231 e. The topological polar surface area (TPSA) is 53.3 Å². The molecule has 0 spiro atoms. The minimum Gasteiger partial charge on any atom is -0.450 e. The molecule has 23 heavy (non-hydrogen) atoms. The molecule has 0 aromatic heterocycles. The second-order valence-electron chi connectivity index (χ2n) is 4.98. The zero-order valence-electron chi connectivity index (χ0n) is 12.8. The molecule has 0 aliphatic rings. The molecule has 0 radical (unpaired) electrons. The molecule has 116 valence electrons. The van der Waals surface area contributed by atoms with Gasteiger partial charge in [-0.05, 0) is 24.3 Å². The van der Waals surface area contributed by atoms with Crippen molar-refractivity contribution in [2.75, 3.05) is 14.1 Å². The van der Waals surface area contributed by atoms with Gasteiger partial charge in [-0.3, -0.25) is 4.79 Å². The number of benzene rings is 2. The second kappa shape index (κ2) is 7.48.